The van der Waals surface area contributed by atoms with E-state index < -0.39 is 17.9 Å². The molecular formula is C13H18N2O3. The molecule has 0 aliphatic heterocycles. The lowest BCUT2D eigenvalue weighted by molar-refractivity contribution is -0.140. The Morgan fingerprint density at radius 1 is 1.33 bits per heavy atom. The monoisotopic (exact) mass is 250 g/mol. The summed E-state index contributed by atoms with van der Waals surface area (Å²) < 4.78 is 0. The van der Waals surface area contributed by atoms with Crippen LogP contribution in [-0.2, 0) is 4.79 Å². The fourth-order valence-corrected chi connectivity index (χ4v) is 1.54. The predicted molar refractivity (Wildman–Crippen MR) is 69.2 cm³/mol. The number of hydrogen-bond acceptors (Lipinski definition) is 3. The van der Waals surface area contributed by atoms with Gasteiger partial charge >= 0.3 is 5.97 Å². The molecule has 0 bridgehead atoms. The normalized spacial score (nSPS) is 13.7. The summed E-state index contributed by atoms with van der Waals surface area (Å²) in [7, 11) is 0. The van der Waals surface area contributed by atoms with Gasteiger partial charge in [0.25, 0.3) is 5.91 Å². The van der Waals surface area contributed by atoms with Gasteiger partial charge < -0.3 is 16.2 Å². The molecule has 0 unspecified atom stereocenters. The lowest BCUT2D eigenvalue weighted by Gasteiger charge is -2.20. The second-order valence-corrected chi connectivity index (χ2v) is 4.30. The molecule has 0 aromatic heterocycles. The second-order valence-electron chi connectivity index (χ2n) is 4.30. The lowest BCUT2D eigenvalue weighted by atomic mass is 9.99. The molecule has 1 amide bonds. The highest BCUT2D eigenvalue weighted by Gasteiger charge is 2.25. The smallest absolute Gasteiger partial charge is 0.326 e. The molecule has 1 aromatic carbocycles. The summed E-state index contributed by atoms with van der Waals surface area (Å²) in [5.74, 6) is -1.55. The molecule has 2 atom stereocenters. The van der Waals surface area contributed by atoms with E-state index in [1.165, 1.54) is 0 Å². The van der Waals surface area contributed by atoms with Crippen LogP contribution in [-0.4, -0.2) is 23.0 Å². The van der Waals surface area contributed by atoms with Crippen molar-refractivity contribution in [2.45, 2.75) is 26.3 Å². The van der Waals surface area contributed by atoms with Gasteiger partial charge in [0.2, 0.25) is 0 Å². The van der Waals surface area contributed by atoms with Gasteiger partial charge in [0.05, 0.1) is 0 Å². The van der Waals surface area contributed by atoms with Gasteiger partial charge in [-0.15, -0.1) is 0 Å². The summed E-state index contributed by atoms with van der Waals surface area (Å²) in [6.07, 6.45) is 0.680. The highest BCUT2D eigenvalue weighted by molar-refractivity contribution is 5.96. The van der Waals surface area contributed by atoms with E-state index in [1.54, 1.807) is 31.2 Å². The average molecular weight is 250 g/mol. The third-order valence-corrected chi connectivity index (χ3v) is 2.94. The predicted octanol–water partition coefficient (Wildman–Crippen LogP) is 1.50. The average Bonchev–Trinajstić information content (AvgIpc) is 2.35. The number of amides is 1. The maximum atomic E-state index is 11.9. The van der Waals surface area contributed by atoms with Crippen molar-refractivity contribution < 1.29 is 14.7 Å². The SMILES string of the molecule is CC[C@H](C)[C@H](NC(=O)c1ccc(N)cc1)C(=O)O. The number of hydrogen-bond donors (Lipinski definition) is 3. The fourth-order valence-electron chi connectivity index (χ4n) is 1.54. The summed E-state index contributed by atoms with van der Waals surface area (Å²) in [5, 5.41) is 11.6. The molecule has 5 heteroatoms. The highest BCUT2D eigenvalue weighted by Crippen LogP contribution is 2.10. The molecule has 1 aromatic rings. The fraction of sp³-hybridized carbons (Fsp3) is 0.385. The third kappa shape index (κ3) is 3.48. The zero-order valence-corrected chi connectivity index (χ0v) is 10.5. The number of carboxylic acids is 1. The van der Waals surface area contributed by atoms with Crippen LogP contribution in [0.3, 0.4) is 0 Å². The van der Waals surface area contributed by atoms with E-state index in [9.17, 15) is 9.59 Å². The maximum absolute atomic E-state index is 11.9. The van der Waals surface area contributed by atoms with Crippen molar-refractivity contribution in [3.05, 3.63) is 29.8 Å². The van der Waals surface area contributed by atoms with Crippen LogP contribution in [0.4, 0.5) is 5.69 Å². The zero-order valence-electron chi connectivity index (χ0n) is 10.5. The summed E-state index contributed by atoms with van der Waals surface area (Å²) in [6.45, 7) is 3.68. The first kappa shape index (κ1) is 14.0. The number of anilines is 1. The minimum atomic E-state index is -1.02. The van der Waals surface area contributed by atoms with Gasteiger partial charge in [-0.05, 0) is 30.2 Å². The molecule has 0 fully saturated rings. The molecule has 0 radical (unpaired) electrons. The molecule has 0 heterocycles. The number of carboxylic acid groups (broad SMARTS) is 1. The van der Waals surface area contributed by atoms with E-state index in [0.717, 1.165) is 0 Å². The van der Waals surface area contributed by atoms with Gasteiger partial charge in [0.1, 0.15) is 6.04 Å². The van der Waals surface area contributed by atoms with Crippen molar-refractivity contribution >= 4 is 17.6 Å². The van der Waals surface area contributed by atoms with E-state index >= 15 is 0 Å². The standard InChI is InChI=1S/C13H18N2O3/c1-3-8(2)11(13(17)18)15-12(16)9-4-6-10(14)7-5-9/h4-8,11H,3,14H2,1-2H3,(H,15,16)(H,17,18)/t8-,11-/m0/s1. The third-order valence-electron chi connectivity index (χ3n) is 2.94. The van der Waals surface area contributed by atoms with Gasteiger partial charge in [-0.1, -0.05) is 20.3 Å². The Morgan fingerprint density at radius 2 is 1.89 bits per heavy atom. The van der Waals surface area contributed by atoms with Crippen molar-refractivity contribution in [3.63, 3.8) is 0 Å². The Labute approximate surface area is 106 Å². The van der Waals surface area contributed by atoms with Crippen LogP contribution in [0.5, 0.6) is 0 Å². The minimum absolute atomic E-state index is 0.125. The molecule has 18 heavy (non-hydrogen) atoms. The largest absolute Gasteiger partial charge is 0.480 e. The number of benzene rings is 1. The van der Waals surface area contributed by atoms with E-state index in [0.29, 0.717) is 17.7 Å². The molecular weight excluding hydrogens is 232 g/mol. The van der Waals surface area contributed by atoms with Crippen LogP contribution in [0.2, 0.25) is 0 Å². The van der Waals surface area contributed by atoms with Gasteiger partial charge in [-0.3, -0.25) is 4.79 Å². The van der Waals surface area contributed by atoms with E-state index in [-0.39, 0.29) is 5.92 Å². The lowest BCUT2D eigenvalue weighted by Crippen LogP contribution is -2.45. The van der Waals surface area contributed by atoms with Crippen LogP contribution in [0.25, 0.3) is 0 Å². The van der Waals surface area contributed by atoms with Crippen LogP contribution in [0.15, 0.2) is 24.3 Å². The van der Waals surface area contributed by atoms with Gasteiger partial charge in [-0.25, -0.2) is 4.79 Å². The quantitative estimate of drug-likeness (QED) is 0.690. The number of nitrogens with two attached hydrogens (primary N) is 1. The molecule has 5 nitrogen and oxygen atoms in total. The van der Waals surface area contributed by atoms with Crippen molar-refractivity contribution in [3.8, 4) is 0 Å². The van der Waals surface area contributed by atoms with Gasteiger partial charge in [0.15, 0.2) is 0 Å². The first-order valence-corrected chi connectivity index (χ1v) is 5.85. The highest BCUT2D eigenvalue weighted by atomic mass is 16.4. The molecule has 0 spiro atoms. The number of aliphatic carboxylic acids is 1. The molecule has 98 valence electrons. The number of nitrogens with one attached hydrogen (secondary N) is 1. The summed E-state index contributed by atoms with van der Waals surface area (Å²) >= 11 is 0. The summed E-state index contributed by atoms with van der Waals surface area (Å²) in [5.41, 5.74) is 6.48. The molecule has 0 aliphatic carbocycles. The number of carbonyl (C=O) groups excluding carboxylic acids is 1. The molecule has 1 rings (SSSR count). The van der Waals surface area contributed by atoms with E-state index in [1.807, 2.05) is 6.92 Å². The Balaban J connectivity index is 2.78. The number of carbonyl (C=O) groups is 2. The summed E-state index contributed by atoms with van der Waals surface area (Å²) in [6, 6.07) is 5.47. The van der Waals surface area contributed by atoms with Crippen molar-refractivity contribution in [2.24, 2.45) is 5.92 Å². The minimum Gasteiger partial charge on any atom is -0.480 e. The van der Waals surface area contributed by atoms with Gasteiger partial charge in [0, 0.05) is 11.3 Å². The molecule has 4 N–H and O–H groups in total. The topological polar surface area (TPSA) is 92.4 Å². The van der Waals surface area contributed by atoms with Crippen LogP contribution >= 0.6 is 0 Å². The van der Waals surface area contributed by atoms with Crippen LogP contribution < -0.4 is 11.1 Å². The van der Waals surface area contributed by atoms with Crippen molar-refractivity contribution in [1.82, 2.24) is 5.32 Å². The first-order chi connectivity index (χ1) is 8.45. The second kappa shape index (κ2) is 6.05. The maximum Gasteiger partial charge on any atom is 0.326 e. The molecule has 0 saturated heterocycles. The Morgan fingerprint density at radius 3 is 2.33 bits per heavy atom. The number of rotatable bonds is 5. The van der Waals surface area contributed by atoms with Gasteiger partial charge in [-0.2, -0.15) is 0 Å². The Hall–Kier alpha value is -2.04. The molecule has 0 saturated carbocycles. The zero-order chi connectivity index (χ0) is 13.7. The van der Waals surface area contributed by atoms with Crippen molar-refractivity contribution in [1.29, 1.82) is 0 Å². The first-order valence-electron chi connectivity index (χ1n) is 5.85. The summed E-state index contributed by atoms with van der Waals surface area (Å²) in [4.78, 5) is 23.0. The van der Waals surface area contributed by atoms with Crippen LogP contribution in [0.1, 0.15) is 30.6 Å². The van der Waals surface area contributed by atoms with E-state index in [4.69, 9.17) is 10.8 Å². The number of nitrogen functional groups attached to an aromatic ring is 1. The van der Waals surface area contributed by atoms with Crippen LogP contribution in [0, 0.1) is 5.92 Å². The van der Waals surface area contributed by atoms with Crippen molar-refractivity contribution in [2.75, 3.05) is 5.73 Å². The molecule has 0 aliphatic rings. The Kier molecular flexibility index (Phi) is 4.71. The van der Waals surface area contributed by atoms with E-state index in [2.05, 4.69) is 5.32 Å². The Bertz CT molecular complexity index is 428.